The van der Waals surface area contributed by atoms with Crippen LogP contribution in [0.3, 0.4) is 0 Å². The third-order valence-corrected chi connectivity index (χ3v) is 3.44. The van der Waals surface area contributed by atoms with E-state index >= 15 is 0 Å². The van der Waals surface area contributed by atoms with E-state index in [1.54, 1.807) is 23.5 Å². The fourth-order valence-electron chi connectivity index (χ4n) is 1.99. The van der Waals surface area contributed by atoms with Crippen molar-refractivity contribution in [3.63, 3.8) is 0 Å². The Balaban J connectivity index is 2.03. The molecule has 0 saturated carbocycles. The lowest BCUT2D eigenvalue weighted by Crippen LogP contribution is -2.40. The number of hydrogen-bond donors (Lipinski definition) is 1. The predicted octanol–water partition coefficient (Wildman–Crippen LogP) is 3.39. The molecule has 3 heteroatoms. The molecule has 0 aliphatic carbocycles. The Bertz CT molecular complexity index is 459. The molecule has 1 aromatic heterocycles. The van der Waals surface area contributed by atoms with Crippen molar-refractivity contribution in [3.8, 4) is 0 Å². The summed E-state index contributed by atoms with van der Waals surface area (Å²) in [7, 11) is 0. The van der Waals surface area contributed by atoms with Gasteiger partial charge in [0.05, 0.1) is 0 Å². The van der Waals surface area contributed by atoms with Crippen LogP contribution in [0.5, 0.6) is 0 Å². The predicted molar refractivity (Wildman–Crippen MR) is 70.7 cm³/mol. The van der Waals surface area contributed by atoms with Gasteiger partial charge < -0.3 is 5.73 Å². The molecule has 0 amide bonds. The molecule has 90 valence electrons. The molecule has 1 nitrogen and oxygen atoms in total. The van der Waals surface area contributed by atoms with E-state index in [0.29, 0.717) is 0 Å². The summed E-state index contributed by atoms with van der Waals surface area (Å²) in [6, 6.07) is 8.66. The van der Waals surface area contributed by atoms with Crippen molar-refractivity contribution in [1.82, 2.24) is 0 Å². The Morgan fingerprint density at radius 3 is 2.35 bits per heavy atom. The zero-order valence-corrected chi connectivity index (χ0v) is 10.6. The molecule has 1 aromatic carbocycles. The number of hydrogen-bond acceptors (Lipinski definition) is 2. The van der Waals surface area contributed by atoms with Gasteiger partial charge in [0.25, 0.3) is 0 Å². The molecule has 2 aromatic rings. The van der Waals surface area contributed by atoms with Crippen LogP contribution < -0.4 is 5.73 Å². The van der Waals surface area contributed by atoms with Crippen LogP contribution in [0, 0.1) is 5.82 Å². The summed E-state index contributed by atoms with van der Waals surface area (Å²) >= 11 is 1.68. The maximum atomic E-state index is 12.8. The van der Waals surface area contributed by atoms with Crippen molar-refractivity contribution in [2.45, 2.75) is 25.3 Å². The second-order valence-electron chi connectivity index (χ2n) is 4.77. The van der Waals surface area contributed by atoms with Crippen LogP contribution in [0.4, 0.5) is 4.39 Å². The first-order valence-corrected chi connectivity index (χ1v) is 6.54. The van der Waals surface area contributed by atoms with Gasteiger partial charge in [0.15, 0.2) is 0 Å². The molecule has 1 unspecified atom stereocenters. The topological polar surface area (TPSA) is 26.0 Å². The second-order valence-corrected chi connectivity index (χ2v) is 5.55. The first-order chi connectivity index (χ1) is 8.05. The highest BCUT2D eigenvalue weighted by atomic mass is 32.1. The first kappa shape index (κ1) is 12.3. The number of nitrogens with two attached hydrogens (primary N) is 1. The van der Waals surface area contributed by atoms with Gasteiger partial charge >= 0.3 is 0 Å². The van der Waals surface area contributed by atoms with Crippen molar-refractivity contribution >= 4 is 11.3 Å². The van der Waals surface area contributed by atoms with E-state index in [2.05, 4.69) is 16.8 Å². The van der Waals surface area contributed by atoms with Gasteiger partial charge in [-0.3, -0.25) is 0 Å². The fraction of sp³-hybridized carbons (Fsp3) is 0.286. The zero-order chi connectivity index (χ0) is 12.3. The van der Waals surface area contributed by atoms with E-state index in [9.17, 15) is 4.39 Å². The second kappa shape index (κ2) is 4.98. The van der Waals surface area contributed by atoms with E-state index in [0.717, 1.165) is 18.4 Å². The molecule has 0 fully saturated rings. The van der Waals surface area contributed by atoms with Crippen molar-refractivity contribution < 1.29 is 4.39 Å². The normalized spacial score (nSPS) is 14.5. The van der Waals surface area contributed by atoms with Gasteiger partial charge in [-0.1, -0.05) is 12.1 Å². The Labute approximate surface area is 105 Å². The largest absolute Gasteiger partial charge is 0.325 e. The molecule has 0 spiro atoms. The van der Waals surface area contributed by atoms with Crippen LogP contribution in [0.2, 0.25) is 0 Å². The lowest BCUT2D eigenvalue weighted by atomic mass is 9.88. The van der Waals surface area contributed by atoms with Crippen LogP contribution >= 0.6 is 11.3 Å². The van der Waals surface area contributed by atoms with Crippen LogP contribution in [0.15, 0.2) is 41.1 Å². The lowest BCUT2D eigenvalue weighted by molar-refractivity contribution is 0.463. The standard InChI is InChI=1S/C14H16FNS/c1-14(16,9-12-6-7-17-10-12)8-11-2-4-13(15)5-3-11/h2-7,10H,8-9,16H2,1H3. The Hall–Kier alpha value is -1.19. The lowest BCUT2D eigenvalue weighted by Gasteiger charge is -2.24. The summed E-state index contributed by atoms with van der Waals surface area (Å²) in [6.07, 6.45) is 1.59. The van der Waals surface area contributed by atoms with Gasteiger partial charge in [-0.25, -0.2) is 4.39 Å². The van der Waals surface area contributed by atoms with Crippen molar-refractivity contribution in [1.29, 1.82) is 0 Å². The summed E-state index contributed by atoms with van der Waals surface area (Å²) in [5, 5.41) is 4.18. The highest BCUT2D eigenvalue weighted by Gasteiger charge is 2.19. The minimum atomic E-state index is -0.293. The van der Waals surface area contributed by atoms with Crippen molar-refractivity contribution in [2.24, 2.45) is 5.73 Å². The molecule has 0 aliphatic rings. The molecular formula is C14H16FNS. The highest BCUT2D eigenvalue weighted by molar-refractivity contribution is 7.07. The molecule has 17 heavy (non-hydrogen) atoms. The number of rotatable bonds is 4. The summed E-state index contributed by atoms with van der Waals surface area (Å²) in [5.74, 6) is -0.203. The molecule has 1 heterocycles. The molecule has 0 radical (unpaired) electrons. The number of benzene rings is 1. The van der Waals surface area contributed by atoms with Gasteiger partial charge in [-0.2, -0.15) is 11.3 Å². The molecule has 0 aliphatic heterocycles. The van der Waals surface area contributed by atoms with Crippen LogP contribution in [-0.2, 0) is 12.8 Å². The average Bonchev–Trinajstić information content (AvgIpc) is 2.73. The third kappa shape index (κ3) is 3.65. The van der Waals surface area contributed by atoms with Gasteiger partial charge in [-0.05, 0) is 59.9 Å². The fourth-order valence-corrected chi connectivity index (χ4v) is 2.66. The Morgan fingerprint density at radius 2 is 1.76 bits per heavy atom. The minimum absolute atomic E-state index is 0.203. The maximum absolute atomic E-state index is 12.8. The van der Waals surface area contributed by atoms with E-state index in [1.807, 2.05) is 6.92 Å². The van der Waals surface area contributed by atoms with E-state index in [-0.39, 0.29) is 11.4 Å². The van der Waals surface area contributed by atoms with E-state index < -0.39 is 0 Å². The third-order valence-electron chi connectivity index (χ3n) is 2.71. The number of thiophene rings is 1. The summed E-state index contributed by atoms with van der Waals surface area (Å²) < 4.78 is 12.8. The first-order valence-electron chi connectivity index (χ1n) is 5.60. The monoisotopic (exact) mass is 249 g/mol. The molecule has 0 bridgehead atoms. The molecule has 2 N–H and O–H groups in total. The molecule has 2 rings (SSSR count). The maximum Gasteiger partial charge on any atom is 0.123 e. The smallest absolute Gasteiger partial charge is 0.123 e. The van der Waals surface area contributed by atoms with Crippen LogP contribution in [-0.4, -0.2) is 5.54 Å². The van der Waals surface area contributed by atoms with Crippen LogP contribution in [0.1, 0.15) is 18.1 Å². The minimum Gasteiger partial charge on any atom is -0.325 e. The molecular weight excluding hydrogens is 233 g/mol. The van der Waals surface area contributed by atoms with Gasteiger partial charge in [0, 0.05) is 5.54 Å². The Kier molecular flexibility index (Phi) is 3.60. The van der Waals surface area contributed by atoms with E-state index in [1.165, 1.54) is 17.7 Å². The van der Waals surface area contributed by atoms with Crippen molar-refractivity contribution in [3.05, 3.63) is 58.0 Å². The van der Waals surface area contributed by atoms with E-state index in [4.69, 9.17) is 5.73 Å². The summed E-state index contributed by atoms with van der Waals surface area (Å²) in [5.41, 5.74) is 8.34. The zero-order valence-electron chi connectivity index (χ0n) is 9.82. The van der Waals surface area contributed by atoms with Gasteiger partial charge in [0.2, 0.25) is 0 Å². The summed E-state index contributed by atoms with van der Waals surface area (Å²) in [6.45, 7) is 2.04. The molecule has 1 atom stereocenters. The van der Waals surface area contributed by atoms with Gasteiger partial charge in [0.1, 0.15) is 5.82 Å². The SMILES string of the molecule is CC(N)(Cc1ccc(F)cc1)Cc1ccsc1. The summed E-state index contributed by atoms with van der Waals surface area (Å²) in [4.78, 5) is 0. The Morgan fingerprint density at radius 1 is 1.12 bits per heavy atom. The van der Waals surface area contributed by atoms with Gasteiger partial charge in [-0.15, -0.1) is 0 Å². The van der Waals surface area contributed by atoms with Crippen LogP contribution in [0.25, 0.3) is 0 Å². The molecule has 0 saturated heterocycles. The average molecular weight is 249 g/mol. The van der Waals surface area contributed by atoms with Crippen molar-refractivity contribution in [2.75, 3.05) is 0 Å². The quantitative estimate of drug-likeness (QED) is 0.883. The highest BCUT2D eigenvalue weighted by Crippen LogP contribution is 2.18. The number of halogens is 1.